The van der Waals surface area contributed by atoms with Crippen LogP contribution < -0.4 is 5.32 Å². The van der Waals surface area contributed by atoms with Crippen LogP contribution in [0.1, 0.15) is 34.3 Å². The van der Waals surface area contributed by atoms with Gasteiger partial charge in [0, 0.05) is 30.8 Å². The largest absolute Gasteiger partial charge is 0.336 e. The summed E-state index contributed by atoms with van der Waals surface area (Å²) in [6, 6.07) is 10.7. The summed E-state index contributed by atoms with van der Waals surface area (Å²) in [6.45, 7) is 4.66. The van der Waals surface area contributed by atoms with Gasteiger partial charge in [-0.3, -0.25) is 14.4 Å². The van der Waals surface area contributed by atoms with Crippen molar-refractivity contribution in [2.75, 3.05) is 18.4 Å². The molecule has 0 aliphatic carbocycles. The highest BCUT2D eigenvalue weighted by atomic mass is 16.2. The van der Waals surface area contributed by atoms with Crippen molar-refractivity contribution in [2.24, 2.45) is 5.92 Å². The van der Waals surface area contributed by atoms with Gasteiger partial charge in [-0.15, -0.1) is 0 Å². The van der Waals surface area contributed by atoms with Crippen molar-refractivity contribution < 1.29 is 14.4 Å². The highest BCUT2D eigenvalue weighted by Crippen LogP contribution is 2.20. The maximum absolute atomic E-state index is 12.5. The molecule has 6 nitrogen and oxygen atoms in total. The molecule has 0 saturated carbocycles. The van der Waals surface area contributed by atoms with Crippen LogP contribution in [-0.2, 0) is 9.59 Å². The number of ketones is 1. The van der Waals surface area contributed by atoms with Gasteiger partial charge in [-0.25, -0.2) is 4.98 Å². The minimum Gasteiger partial charge on any atom is -0.336 e. The van der Waals surface area contributed by atoms with Crippen LogP contribution in [0.4, 0.5) is 5.82 Å². The molecule has 0 unspecified atom stereocenters. The van der Waals surface area contributed by atoms with Crippen LogP contribution in [0.5, 0.6) is 0 Å². The number of Topliss-reactive ketones (excluding diaryl/α,β-unsaturated/α-hetero) is 1. The van der Waals surface area contributed by atoms with Gasteiger partial charge in [-0.2, -0.15) is 0 Å². The Morgan fingerprint density at radius 2 is 1.67 bits per heavy atom. The first-order valence-corrected chi connectivity index (χ1v) is 9.08. The summed E-state index contributed by atoms with van der Waals surface area (Å²) in [5.74, 6) is -0.746. The molecule has 0 spiro atoms. The molecule has 140 valence electrons. The fourth-order valence-electron chi connectivity index (χ4n) is 3.15. The first-order chi connectivity index (χ1) is 12.9. The van der Waals surface area contributed by atoms with E-state index in [1.54, 1.807) is 18.3 Å². The fraction of sp³-hybridized carbons (Fsp3) is 0.333. The molecule has 3 rings (SSSR count). The van der Waals surface area contributed by atoms with Crippen LogP contribution >= 0.6 is 0 Å². The molecule has 1 aromatic heterocycles. The molecule has 1 fully saturated rings. The van der Waals surface area contributed by atoms with E-state index in [2.05, 4.69) is 10.3 Å². The van der Waals surface area contributed by atoms with E-state index >= 15 is 0 Å². The van der Waals surface area contributed by atoms with Crippen molar-refractivity contribution >= 4 is 23.4 Å². The highest BCUT2D eigenvalue weighted by molar-refractivity contribution is 6.42. The number of nitrogens with zero attached hydrogens (tertiary/aromatic N) is 2. The SMILES string of the molecule is Cc1ccc(C(=O)C(=O)N2CCC(C(=O)Nc3cc(C)ccn3)CC2)cc1. The first-order valence-electron chi connectivity index (χ1n) is 9.08. The summed E-state index contributed by atoms with van der Waals surface area (Å²) in [4.78, 5) is 42.9. The van der Waals surface area contributed by atoms with Crippen LogP contribution in [0.15, 0.2) is 42.6 Å². The quantitative estimate of drug-likeness (QED) is 0.667. The Balaban J connectivity index is 1.55. The maximum atomic E-state index is 12.5. The summed E-state index contributed by atoms with van der Waals surface area (Å²) in [5.41, 5.74) is 2.46. The number of benzene rings is 1. The predicted molar refractivity (Wildman–Crippen MR) is 102 cm³/mol. The third-order valence-corrected chi connectivity index (χ3v) is 4.83. The third-order valence-electron chi connectivity index (χ3n) is 4.83. The first kappa shape index (κ1) is 18.8. The van der Waals surface area contributed by atoms with Crippen molar-refractivity contribution in [3.05, 3.63) is 59.3 Å². The van der Waals surface area contributed by atoms with E-state index in [1.807, 2.05) is 38.1 Å². The molecular formula is C21H23N3O3. The van der Waals surface area contributed by atoms with Gasteiger partial charge in [0.2, 0.25) is 11.7 Å². The topological polar surface area (TPSA) is 79.4 Å². The standard InChI is InChI=1S/C21H23N3O3/c1-14-3-5-16(6-4-14)19(25)21(27)24-11-8-17(9-12-24)20(26)23-18-13-15(2)7-10-22-18/h3-7,10,13,17H,8-9,11-12H2,1-2H3,(H,22,23,26). The van der Waals surface area contributed by atoms with Gasteiger partial charge in [0.1, 0.15) is 5.82 Å². The van der Waals surface area contributed by atoms with Crippen LogP contribution in [0.3, 0.4) is 0 Å². The van der Waals surface area contributed by atoms with E-state index < -0.39 is 11.7 Å². The Hall–Kier alpha value is -3.02. The number of pyridine rings is 1. The zero-order valence-corrected chi connectivity index (χ0v) is 15.6. The molecule has 0 atom stereocenters. The Bertz CT molecular complexity index is 853. The molecule has 0 bridgehead atoms. The number of hydrogen-bond acceptors (Lipinski definition) is 4. The van der Waals surface area contributed by atoms with Crippen molar-refractivity contribution in [3.63, 3.8) is 0 Å². The molecular weight excluding hydrogens is 342 g/mol. The number of aromatic nitrogens is 1. The van der Waals surface area contributed by atoms with Crippen LogP contribution in [-0.4, -0.2) is 40.6 Å². The predicted octanol–water partition coefficient (Wildman–Crippen LogP) is 2.76. The van der Waals surface area contributed by atoms with Crippen molar-refractivity contribution in [2.45, 2.75) is 26.7 Å². The summed E-state index contributed by atoms with van der Waals surface area (Å²) < 4.78 is 0. The van der Waals surface area contributed by atoms with Gasteiger partial charge < -0.3 is 10.2 Å². The van der Waals surface area contributed by atoms with E-state index in [1.165, 1.54) is 4.90 Å². The monoisotopic (exact) mass is 365 g/mol. The van der Waals surface area contributed by atoms with E-state index in [0.29, 0.717) is 37.3 Å². The van der Waals surface area contributed by atoms with Crippen molar-refractivity contribution in [1.29, 1.82) is 0 Å². The Morgan fingerprint density at radius 1 is 1.00 bits per heavy atom. The van der Waals surface area contributed by atoms with Gasteiger partial charge in [-0.1, -0.05) is 29.8 Å². The third kappa shape index (κ3) is 4.58. The lowest BCUT2D eigenvalue weighted by Crippen LogP contribution is -2.44. The maximum Gasteiger partial charge on any atom is 0.294 e. The zero-order chi connectivity index (χ0) is 19.4. The number of hydrogen-bond donors (Lipinski definition) is 1. The minimum absolute atomic E-state index is 0.0925. The Labute approximate surface area is 158 Å². The van der Waals surface area contributed by atoms with Gasteiger partial charge >= 0.3 is 0 Å². The molecule has 2 heterocycles. The van der Waals surface area contributed by atoms with E-state index in [-0.39, 0.29) is 11.8 Å². The second kappa shape index (κ2) is 8.12. The number of carbonyl (C=O) groups is 3. The lowest BCUT2D eigenvalue weighted by atomic mass is 9.95. The number of rotatable bonds is 4. The van der Waals surface area contributed by atoms with Crippen molar-refractivity contribution in [3.8, 4) is 0 Å². The Kier molecular flexibility index (Phi) is 5.64. The second-order valence-electron chi connectivity index (χ2n) is 6.97. The summed E-state index contributed by atoms with van der Waals surface area (Å²) >= 11 is 0. The molecule has 0 radical (unpaired) electrons. The molecule has 2 amide bonds. The average Bonchev–Trinajstić information content (AvgIpc) is 2.67. The van der Waals surface area contributed by atoms with E-state index in [4.69, 9.17) is 0 Å². The molecule has 1 aliphatic rings. The molecule has 1 N–H and O–H groups in total. The smallest absolute Gasteiger partial charge is 0.294 e. The lowest BCUT2D eigenvalue weighted by molar-refractivity contribution is -0.130. The van der Waals surface area contributed by atoms with E-state index in [9.17, 15) is 14.4 Å². The fourth-order valence-corrected chi connectivity index (χ4v) is 3.15. The van der Waals surface area contributed by atoms with Gasteiger partial charge in [-0.05, 0) is 44.4 Å². The normalized spacial score (nSPS) is 14.7. The van der Waals surface area contributed by atoms with Crippen LogP contribution in [0, 0.1) is 19.8 Å². The molecule has 2 aromatic rings. The number of nitrogens with one attached hydrogen (secondary N) is 1. The summed E-state index contributed by atoms with van der Waals surface area (Å²) in [5, 5.41) is 2.83. The number of piperidine rings is 1. The molecule has 1 aliphatic heterocycles. The molecule has 27 heavy (non-hydrogen) atoms. The number of likely N-dealkylation sites (tertiary alicyclic amines) is 1. The number of carbonyl (C=O) groups excluding carboxylic acids is 3. The average molecular weight is 365 g/mol. The van der Waals surface area contributed by atoms with Gasteiger partial charge in [0.25, 0.3) is 5.91 Å². The Morgan fingerprint density at radius 3 is 2.30 bits per heavy atom. The lowest BCUT2D eigenvalue weighted by Gasteiger charge is -2.30. The van der Waals surface area contributed by atoms with Crippen LogP contribution in [0.25, 0.3) is 0 Å². The molecule has 1 aromatic carbocycles. The van der Waals surface area contributed by atoms with E-state index in [0.717, 1.165) is 11.1 Å². The minimum atomic E-state index is -0.502. The number of anilines is 1. The number of amides is 2. The second-order valence-corrected chi connectivity index (χ2v) is 6.97. The molecule has 1 saturated heterocycles. The summed E-state index contributed by atoms with van der Waals surface area (Å²) in [7, 11) is 0. The number of aryl methyl sites for hydroxylation is 2. The summed E-state index contributed by atoms with van der Waals surface area (Å²) in [6.07, 6.45) is 2.72. The zero-order valence-electron chi connectivity index (χ0n) is 15.6. The van der Waals surface area contributed by atoms with Gasteiger partial charge in [0.15, 0.2) is 0 Å². The molecule has 6 heteroatoms. The van der Waals surface area contributed by atoms with Crippen molar-refractivity contribution in [1.82, 2.24) is 9.88 Å². The van der Waals surface area contributed by atoms with Gasteiger partial charge in [0.05, 0.1) is 0 Å². The van der Waals surface area contributed by atoms with Crippen LogP contribution in [0.2, 0.25) is 0 Å². The highest BCUT2D eigenvalue weighted by Gasteiger charge is 2.30.